The second kappa shape index (κ2) is 6.80. The minimum Gasteiger partial charge on any atom is -0.504 e. The Morgan fingerprint density at radius 3 is 2.61 bits per heavy atom. The lowest BCUT2D eigenvalue weighted by atomic mass is 9.98. The number of rotatable bonds is 3. The smallest absolute Gasteiger partial charge is 0.331 e. The summed E-state index contributed by atoms with van der Waals surface area (Å²) < 4.78 is 10.1. The molecule has 1 atom stereocenters. The number of anilines is 1. The lowest BCUT2D eigenvalue weighted by Gasteiger charge is -2.30. The Labute approximate surface area is 177 Å². The number of nitrogens with zero attached hydrogens (tertiary/aromatic N) is 3. The van der Waals surface area contributed by atoms with Crippen molar-refractivity contribution in [2.75, 3.05) is 11.9 Å². The zero-order valence-corrected chi connectivity index (χ0v) is 17.4. The Kier molecular flexibility index (Phi) is 4.18. The highest BCUT2D eigenvalue weighted by atomic mass is 16.5. The van der Waals surface area contributed by atoms with Gasteiger partial charge in [-0.05, 0) is 25.1 Å². The molecule has 31 heavy (non-hydrogen) atoms. The Balaban J connectivity index is 1.90. The number of aromatic hydroxyl groups is 1. The van der Waals surface area contributed by atoms with Gasteiger partial charge in [-0.25, -0.2) is 4.79 Å². The van der Waals surface area contributed by atoms with Crippen LogP contribution in [0.4, 0.5) is 5.69 Å². The standard InChI is InChI=1S/C23H22N4O4/c1-4-31-17-11-7-8-13(21(17)28)18-20-19-14(22(29)26(3)23(30)25(19)2)12-27(20)16-10-6-5-9-15(16)24-18/h5-12,18,24,28H,4H2,1-3H3/t18-/m0/s1. The lowest BCUT2D eigenvalue weighted by molar-refractivity contribution is 0.316. The summed E-state index contributed by atoms with van der Waals surface area (Å²) in [6.45, 7) is 2.27. The maximum Gasteiger partial charge on any atom is 0.331 e. The van der Waals surface area contributed by atoms with Crippen LogP contribution in [0, 0.1) is 0 Å². The van der Waals surface area contributed by atoms with Crippen molar-refractivity contribution in [1.82, 2.24) is 13.7 Å². The Bertz CT molecular complexity index is 1460. The van der Waals surface area contributed by atoms with Crippen molar-refractivity contribution in [3.8, 4) is 17.2 Å². The third-order valence-electron chi connectivity index (χ3n) is 5.84. The SMILES string of the molecule is CCOc1cccc([C@@H]2Nc3ccccc3-n3cc4c(=O)n(C)c(=O)n(C)c4c32)c1O. The van der Waals surface area contributed by atoms with Crippen molar-refractivity contribution in [1.29, 1.82) is 0 Å². The van der Waals surface area contributed by atoms with E-state index in [4.69, 9.17) is 4.74 Å². The van der Waals surface area contributed by atoms with Gasteiger partial charge < -0.3 is 19.7 Å². The number of benzene rings is 2. The van der Waals surface area contributed by atoms with Crippen molar-refractivity contribution >= 4 is 16.6 Å². The first kappa shape index (κ1) is 19.0. The second-order valence-corrected chi connectivity index (χ2v) is 7.57. The zero-order chi connectivity index (χ0) is 21.9. The molecule has 2 N–H and O–H groups in total. The van der Waals surface area contributed by atoms with E-state index in [1.54, 1.807) is 19.3 Å². The third kappa shape index (κ3) is 2.61. The van der Waals surface area contributed by atoms with Crippen LogP contribution in [0.15, 0.2) is 58.3 Å². The van der Waals surface area contributed by atoms with Crippen molar-refractivity contribution in [3.63, 3.8) is 0 Å². The van der Waals surface area contributed by atoms with Crippen LogP contribution >= 0.6 is 0 Å². The normalized spacial score (nSPS) is 14.7. The largest absolute Gasteiger partial charge is 0.504 e. The molecule has 8 heteroatoms. The van der Waals surface area contributed by atoms with Crippen molar-refractivity contribution in [2.24, 2.45) is 14.1 Å². The van der Waals surface area contributed by atoms with Gasteiger partial charge in [-0.1, -0.05) is 24.3 Å². The molecule has 0 spiro atoms. The molecule has 0 aliphatic carbocycles. The molecule has 0 amide bonds. The first-order valence-corrected chi connectivity index (χ1v) is 10.1. The number of ether oxygens (including phenoxy) is 1. The summed E-state index contributed by atoms with van der Waals surface area (Å²) in [5.74, 6) is 0.406. The summed E-state index contributed by atoms with van der Waals surface area (Å²) in [5.41, 5.74) is 2.77. The van der Waals surface area contributed by atoms with Gasteiger partial charge in [-0.2, -0.15) is 0 Å². The van der Waals surface area contributed by atoms with E-state index in [1.165, 1.54) is 11.6 Å². The summed E-state index contributed by atoms with van der Waals surface area (Å²) in [7, 11) is 3.13. The molecule has 0 saturated carbocycles. The number of nitrogens with one attached hydrogen (secondary N) is 1. The van der Waals surface area contributed by atoms with Crippen LogP contribution < -0.4 is 21.3 Å². The zero-order valence-electron chi connectivity index (χ0n) is 17.4. The van der Waals surface area contributed by atoms with Crippen LogP contribution in [0.2, 0.25) is 0 Å². The van der Waals surface area contributed by atoms with E-state index in [9.17, 15) is 14.7 Å². The number of phenolic OH excluding ortho intramolecular Hbond substituents is 1. The topological polar surface area (TPSA) is 90.4 Å². The minimum atomic E-state index is -0.509. The molecule has 8 nitrogen and oxygen atoms in total. The molecule has 0 radical (unpaired) electrons. The molecule has 0 bridgehead atoms. The number of aryl methyl sites for hydroxylation is 1. The van der Waals surface area contributed by atoms with Gasteiger partial charge in [0.05, 0.1) is 40.6 Å². The summed E-state index contributed by atoms with van der Waals surface area (Å²) in [5, 5.41) is 14.9. The summed E-state index contributed by atoms with van der Waals surface area (Å²) in [6, 6.07) is 12.5. The average Bonchev–Trinajstić information content (AvgIpc) is 3.18. The van der Waals surface area contributed by atoms with Gasteiger partial charge >= 0.3 is 5.69 Å². The van der Waals surface area contributed by atoms with Crippen LogP contribution in [0.25, 0.3) is 16.6 Å². The fourth-order valence-electron chi connectivity index (χ4n) is 4.38. The van der Waals surface area contributed by atoms with E-state index in [0.29, 0.717) is 34.5 Å². The predicted molar refractivity (Wildman–Crippen MR) is 118 cm³/mol. The molecule has 0 saturated heterocycles. The van der Waals surface area contributed by atoms with E-state index in [2.05, 4.69) is 5.32 Å². The third-order valence-corrected chi connectivity index (χ3v) is 5.84. The number of para-hydroxylation sites is 3. The first-order valence-electron chi connectivity index (χ1n) is 10.1. The highest BCUT2D eigenvalue weighted by molar-refractivity contribution is 5.86. The van der Waals surface area contributed by atoms with Crippen molar-refractivity contribution in [3.05, 3.63) is 80.8 Å². The van der Waals surface area contributed by atoms with E-state index in [0.717, 1.165) is 15.9 Å². The molecule has 4 aromatic rings. The van der Waals surface area contributed by atoms with Crippen LogP contribution in [0.3, 0.4) is 0 Å². The highest BCUT2D eigenvalue weighted by Crippen LogP contribution is 2.44. The molecule has 3 heterocycles. The number of aromatic nitrogens is 3. The second-order valence-electron chi connectivity index (χ2n) is 7.57. The van der Waals surface area contributed by atoms with Gasteiger partial charge in [0.2, 0.25) is 0 Å². The van der Waals surface area contributed by atoms with Crippen molar-refractivity contribution < 1.29 is 9.84 Å². The summed E-state index contributed by atoms with van der Waals surface area (Å²) in [6.07, 6.45) is 1.77. The maximum absolute atomic E-state index is 12.9. The maximum atomic E-state index is 12.9. The van der Waals surface area contributed by atoms with Crippen LogP contribution in [-0.2, 0) is 14.1 Å². The predicted octanol–water partition coefficient (Wildman–Crippen LogP) is 2.65. The number of phenols is 1. The molecule has 2 aromatic heterocycles. The molecule has 5 rings (SSSR count). The molecule has 0 fully saturated rings. The van der Waals surface area contributed by atoms with Crippen LogP contribution in [0.5, 0.6) is 11.5 Å². The number of fused-ring (bicyclic) bond motifs is 5. The van der Waals surface area contributed by atoms with E-state index in [-0.39, 0.29) is 11.3 Å². The first-order chi connectivity index (χ1) is 14.9. The van der Waals surface area contributed by atoms with Gasteiger partial charge in [0.25, 0.3) is 5.56 Å². The fraction of sp³-hybridized carbons (Fsp3) is 0.217. The average molecular weight is 418 g/mol. The molecular formula is C23H22N4O4. The summed E-state index contributed by atoms with van der Waals surface area (Å²) >= 11 is 0. The quantitative estimate of drug-likeness (QED) is 0.534. The molecule has 158 valence electrons. The number of hydrogen-bond donors (Lipinski definition) is 2. The van der Waals surface area contributed by atoms with Crippen molar-refractivity contribution in [2.45, 2.75) is 13.0 Å². The molecular weight excluding hydrogens is 396 g/mol. The Hall–Kier alpha value is -3.94. The van der Waals surface area contributed by atoms with Crippen LogP contribution in [0.1, 0.15) is 24.2 Å². The highest BCUT2D eigenvalue weighted by Gasteiger charge is 2.32. The Morgan fingerprint density at radius 2 is 1.84 bits per heavy atom. The van der Waals surface area contributed by atoms with E-state index in [1.807, 2.05) is 47.9 Å². The van der Waals surface area contributed by atoms with Gasteiger partial charge in [-0.3, -0.25) is 13.9 Å². The summed E-state index contributed by atoms with van der Waals surface area (Å²) in [4.78, 5) is 25.6. The van der Waals surface area contributed by atoms with Gasteiger partial charge in [0, 0.05) is 25.9 Å². The fourth-order valence-corrected chi connectivity index (χ4v) is 4.38. The lowest BCUT2D eigenvalue weighted by Crippen LogP contribution is -2.37. The molecule has 1 aliphatic heterocycles. The van der Waals surface area contributed by atoms with Gasteiger partial charge in [0.15, 0.2) is 11.5 Å². The minimum absolute atomic E-state index is 0.0240. The number of hydrogen-bond acceptors (Lipinski definition) is 5. The van der Waals surface area contributed by atoms with E-state index >= 15 is 0 Å². The van der Waals surface area contributed by atoms with Crippen LogP contribution in [-0.4, -0.2) is 25.4 Å². The molecule has 2 aromatic carbocycles. The van der Waals surface area contributed by atoms with Gasteiger partial charge in [-0.15, -0.1) is 0 Å². The van der Waals surface area contributed by atoms with E-state index < -0.39 is 11.7 Å². The molecule has 1 aliphatic rings. The monoisotopic (exact) mass is 418 g/mol. The Morgan fingerprint density at radius 1 is 1.06 bits per heavy atom. The molecule has 0 unspecified atom stereocenters. The van der Waals surface area contributed by atoms with Gasteiger partial charge in [0.1, 0.15) is 0 Å².